The highest BCUT2D eigenvalue weighted by Gasteiger charge is 2.37. The lowest BCUT2D eigenvalue weighted by molar-refractivity contribution is -0.137. The number of esters is 2. The number of hydrogen-bond acceptors (Lipinski definition) is 7. The van der Waals surface area contributed by atoms with Gasteiger partial charge in [-0.2, -0.15) is 0 Å². The Balaban J connectivity index is 2.06. The molecule has 29 heavy (non-hydrogen) atoms. The minimum atomic E-state index is -0.654. The Hall–Kier alpha value is -2.80. The Bertz CT molecular complexity index is 775. The number of nitrogens with zero attached hydrogens (tertiary/aromatic N) is 1. The fourth-order valence-corrected chi connectivity index (χ4v) is 3.76. The zero-order valence-corrected chi connectivity index (χ0v) is 17.1. The van der Waals surface area contributed by atoms with E-state index in [1.54, 1.807) is 12.4 Å². The van der Waals surface area contributed by atoms with E-state index in [1.807, 2.05) is 36.1 Å². The summed E-state index contributed by atoms with van der Waals surface area (Å²) in [4.78, 5) is 27.2. The van der Waals surface area contributed by atoms with E-state index in [0.29, 0.717) is 35.6 Å². The summed E-state index contributed by atoms with van der Waals surface area (Å²) in [5, 5.41) is 0. The molecule has 0 amide bonds. The van der Waals surface area contributed by atoms with Gasteiger partial charge in [-0.1, -0.05) is 18.2 Å². The van der Waals surface area contributed by atoms with Gasteiger partial charge in [0, 0.05) is 31.1 Å². The highest BCUT2D eigenvalue weighted by molar-refractivity contribution is 5.98. The van der Waals surface area contributed by atoms with Crippen LogP contribution in [-0.4, -0.2) is 56.9 Å². The zero-order valence-electron chi connectivity index (χ0n) is 17.1. The van der Waals surface area contributed by atoms with Crippen molar-refractivity contribution in [3.63, 3.8) is 0 Å². The molecule has 156 valence electrons. The van der Waals surface area contributed by atoms with Crippen LogP contribution in [-0.2, 0) is 23.8 Å². The Morgan fingerprint density at radius 1 is 1.10 bits per heavy atom. The fraction of sp³-hybridized carbons (Fsp3) is 0.455. The molecule has 7 nitrogen and oxygen atoms in total. The lowest BCUT2D eigenvalue weighted by Gasteiger charge is -2.31. The number of carbonyl (C=O) groups excluding carboxylic acids is 2. The van der Waals surface area contributed by atoms with Crippen molar-refractivity contribution in [1.82, 2.24) is 4.90 Å². The van der Waals surface area contributed by atoms with Crippen LogP contribution in [0.4, 0.5) is 0 Å². The van der Waals surface area contributed by atoms with E-state index in [9.17, 15) is 9.59 Å². The number of para-hydroxylation sites is 1. The first kappa shape index (κ1) is 20.9. The molecular weight excluding hydrogens is 374 g/mol. The van der Waals surface area contributed by atoms with Gasteiger partial charge in [0.05, 0.1) is 44.0 Å². The second kappa shape index (κ2) is 9.60. The van der Waals surface area contributed by atoms with E-state index in [-0.39, 0.29) is 6.10 Å². The predicted octanol–water partition coefficient (Wildman–Crippen LogP) is 2.78. The summed E-state index contributed by atoms with van der Waals surface area (Å²) in [6.07, 6.45) is 5.45. The molecule has 2 heterocycles. The monoisotopic (exact) mass is 401 g/mol. The SMILES string of the molecule is CCOc1ccccc1C1C(C(=O)OC)=CN(CC2CCCO2)C=C1C(=O)OC. The molecule has 1 unspecified atom stereocenters. The summed E-state index contributed by atoms with van der Waals surface area (Å²) in [7, 11) is 2.66. The second-order valence-electron chi connectivity index (χ2n) is 6.89. The largest absolute Gasteiger partial charge is 0.494 e. The van der Waals surface area contributed by atoms with Crippen molar-refractivity contribution >= 4 is 11.9 Å². The number of rotatable bonds is 7. The van der Waals surface area contributed by atoms with Crippen molar-refractivity contribution in [3.8, 4) is 5.75 Å². The molecule has 1 aromatic carbocycles. The molecule has 0 radical (unpaired) electrons. The average Bonchev–Trinajstić information content (AvgIpc) is 3.25. The third kappa shape index (κ3) is 4.62. The van der Waals surface area contributed by atoms with E-state index in [2.05, 4.69) is 0 Å². The summed E-state index contributed by atoms with van der Waals surface area (Å²) in [5.41, 5.74) is 1.40. The molecule has 1 atom stereocenters. The van der Waals surface area contributed by atoms with Crippen LogP contribution in [0, 0.1) is 0 Å². The molecular formula is C22H27NO6. The van der Waals surface area contributed by atoms with Crippen molar-refractivity contribution in [1.29, 1.82) is 0 Å². The molecule has 0 saturated carbocycles. The van der Waals surface area contributed by atoms with Crippen LogP contribution in [0.3, 0.4) is 0 Å². The van der Waals surface area contributed by atoms with Crippen LogP contribution in [0.15, 0.2) is 47.8 Å². The normalized spacial score (nSPS) is 19.4. The second-order valence-corrected chi connectivity index (χ2v) is 6.89. The number of hydrogen-bond donors (Lipinski definition) is 0. The summed E-state index contributed by atoms with van der Waals surface area (Å²) in [5.74, 6) is -1.06. The van der Waals surface area contributed by atoms with Gasteiger partial charge in [0.2, 0.25) is 0 Å². The van der Waals surface area contributed by atoms with Gasteiger partial charge in [0.15, 0.2) is 0 Å². The third-order valence-corrected chi connectivity index (χ3v) is 5.04. The quantitative estimate of drug-likeness (QED) is 0.651. The van der Waals surface area contributed by atoms with Crippen molar-refractivity contribution in [2.24, 2.45) is 0 Å². The topological polar surface area (TPSA) is 74.3 Å². The van der Waals surface area contributed by atoms with Crippen molar-refractivity contribution < 1.29 is 28.5 Å². The van der Waals surface area contributed by atoms with Crippen LogP contribution in [0.25, 0.3) is 0 Å². The summed E-state index contributed by atoms with van der Waals surface area (Å²) in [6, 6.07) is 7.37. The van der Waals surface area contributed by atoms with Crippen LogP contribution in [0.1, 0.15) is 31.2 Å². The van der Waals surface area contributed by atoms with Crippen LogP contribution in [0.2, 0.25) is 0 Å². The maximum atomic E-state index is 12.7. The molecule has 1 fully saturated rings. The van der Waals surface area contributed by atoms with Gasteiger partial charge < -0.3 is 23.8 Å². The predicted molar refractivity (Wildman–Crippen MR) is 106 cm³/mol. The Kier molecular flexibility index (Phi) is 6.93. The van der Waals surface area contributed by atoms with Crippen molar-refractivity contribution in [2.45, 2.75) is 31.8 Å². The molecule has 0 aliphatic carbocycles. The van der Waals surface area contributed by atoms with Crippen LogP contribution < -0.4 is 4.74 Å². The molecule has 0 bridgehead atoms. The Morgan fingerprint density at radius 2 is 1.76 bits per heavy atom. The van der Waals surface area contributed by atoms with Crippen LogP contribution in [0.5, 0.6) is 5.75 Å². The molecule has 1 saturated heterocycles. The molecule has 0 aromatic heterocycles. The fourth-order valence-electron chi connectivity index (χ4n) is 3.76. The first-order chi connectivity index (χ1) is 14.1. The lowest BCUT2D eigenvalue weighted by atomic mass is 9.82. The highest BCUT2D eigenvalue weighted by atomic mass is 16.5. The maximum Gasteiger partial charge on any atom is 0.336 e. The summed E-state index contributed by atoms with van der Waals surface area (Å²) < 4.78 is 21.5. The maximum absolute atomic E-state index is 12.7. The molecule has 7 heteroatoms. The molecule has 2 aliphatic rings. The van der Waals surface area contributed by atoms with Gasteiger partial charge in [-0.25, -0.2) is 9.59 Å². The number of methoxy groups -OCH3 is 2. The van der Waals surface area contributed by atoms with Crippen molar-refractivity contribution in [3.05, 3.63) is 53.4 Å². The first-order valence-electron chi connectivity index (χ1n) is 9.78. The van der Waals surface area contributed by atoms with E-state index in [4.69, 9.17) is 18.9 Å². The molecule has 2 aliphatic heterocycles. The highest BCUT2D eigenvalue weighted by Crippen LogP contribution is 2.41. The lowest BCUT2D eigenvalue weighted by Crippen LogP contribution is -2.32. The third-order valence-electron chi connectivity index (χ3n) is 5.04. The molecule has 1 aromatic rings. The van der Waals surface area contributed by atoms with Gasteiger partial charge in [-0.15, -0.1) is 0 Å². The van der Waals surface area contributed by atoms with Crippen molar-refractivity contribution in [2.75, 3.05) is 34.0 Å². The van der Waals surface area contributed by atoms with Crippen LogP contribution >= 0.6 is 0 Å². The number of ether oxygens (including phenoxy) is 4. The summed E-state index contributed by atoms with van der Waals surface area (Å²) in [6.45, 7) is 3.61. The van der Waals surface area contributed by atoms with E-state index >= 15 is 0 Å². The smallest absolute Gasteiger partial charge is 0.336 e. The standard InChI is InChI=1S/C22H27NO6/c1-4-28-19-10-6-5-9-16(19)20-17(21(24)26-2)13-23(12-15-8-7-11-29-15)14-18(20)22(25)27-3/h5-6,9-10,13-15,20H,4,7-8,11-12H2,1-3H3. The van der Waals surface area contributed by atoms with Gasteiger partial charge in [0.1, 0.15) is 5.75 Å². The Labute approximate surface area is 170 Å². The molecule has 0 N–H and O–H groups in total. The van der Waals surface area contributed by atoms with Gasteiger partial charge in [0.25, 0.3) is 0 Å². The average molecular weight is 401 g/mol. The number of benzene rings is 1. The van der Waals surface area contributed by atoms with Gasteiger partial charge in [-0.3, -0.25) is 0 Å². The van der Waals surface area contributed by atoms with Gasteiger partial charge >= 0.3 is 11.9 Å². The first-order valence-corrected chi connectivity index (χ1v) is 9.78. The number of carbonyl (C=O) groups is 2. The van der Waals surface area contributed by atoms with E-state index in [0.717, 1.165) is 19.4 Å². The van der Waals surface area contributed by atoms with Gasteiger partial charge in [-0.05, 0) is 25.8 Å². The zero-order chi connectivity index (χ0) is 20.8. The van der Waals surface area contributed by atoms with E-state index in [1.165, 1.54) is 14.2 Å². The van der Waals surface area contributed by atoms with E-state index < -0.39 is 17.9 Å². The minimum absolute atomic E-state index is 0.0487. The molecule has 0 spiro atoms. The molecule has 3 rings (SSSR count). The Morgan fingerprint density at radius 3 is 2.31 bits per heavy atom. The minimum Gasteiger partial charge on any atom is -0.494 e. The summed E-state index contributed by atoms with van der Waals surface area (Å²) >= 11 is 0.